The number of halogens is 3. The van der Waals surface area contributed by atoms with E-state index in [1.807, 2.05) is 0 Å². The number of hydrogen-bond acceptors (Lipinski definition) is 3. The Kier molecular flexibility index (Phi) is 3.18. The van der Waals surface area contributed by atoms with E-state index in [9.17, 15) is 23.3 Å². The minimum absolute atomic E-state index is 0.0328. The Bertz CT molecular complexity index is 429. The Balaban J connectivity index is 3.44. The van der Waals surface area contributed by atoms with Crippen LogP contribution in [0.4, 0.5) is 18.9 Å². The van der Waals surface area contributed by atoms with Crippen LogP contribution < -0.4 is 5.73 Å². The van der Waals surface area contributed by atoms with Crippen LogP contribution >= 0.6 is 0 Å². The van der Waals surface area contributed by atoms with E-state index in [4.69, 9.17) is 5.73 Å². The highest BCUT2D eigenvalue weighted by molar-refractivity contribution is 5.47. The highest BCUT2D eigenvalue weighted by Gasteiger charge is 2.34. The molecule has 0 saturated heterocycles. The molecule has 0 aromatic heterocycles. The largest absolute Gasteiger partial charge is 0.416 e. The van der Waals surface area contributed by atoms with Gasteiger partial charge in [0, 0.05) is 18.2 Å². The first-order chi connectivity index (χ1) is 7.27. The zero-order valence-corrected chi connectivity index (χ0v) is 8.34. The van der Waals surface area contributed by atoms with Crippen LogP contribution in [-0.2, 0) is 12.7 Å². The van der Waals surface area contributed by atoms with Crippen LogP contribution in [0.2, 0.25) is 0 Å². The van der Waals surface area contributed by atoms with Crippen molar-refractivity contribution in [2.24, 2.45) is 5.73 Å². The molecule has 1 aromatic rings. The third-order valence-corrected chi connectivity index (χ3v) is 2.14. The van der Waals surface area contributed by atoms with Crippen molar-refractivity contribution in [3.05, 3.63) is 38.9 Å². The molecule has 1 aromatic carbocycles. The molecule has 0 aliphatic carbocycles. The predicted octanol–water partition coefficient (Wildman–Crippen LogP) is 2.38. The smallest absolute Gasteiger partial charge is 0.326 e. The van der Waals surface area contributed by atoms with Gasteiger partial charge in [0.25, 0.3) is 5.69 Å². The molecular formula is C9H9F3N2O2. The first-order valence-electron chi connectivity index (χ1n) is 4.32. The van der Waals surface area contributed by atoms with Crippen LogP contribution in [-0.4, -0.2) is 4.92 Å². The summed E-state index contributed by atoms with van der Waals surface area (Å²) >= 11 is 0. The quantitative estimate of drug-likeness (QED) is 0.630. The number of alkyl halides is 3. The van der Waals surface area contributed by atoms with Gasteiger partial charge in [-0.3, -0.25) is 10.1 Å². The molecule has 0 amide bonds. The standard InChI is InChI=1S/C9H9F3N2O2/c1-5-2-7(9(10,11)12)6(4-13)3-8(5)14(15)16/h2-3H,4,13H2,1H3. The van der Waals surface area contributed by atoms with Gasteiger partial charge in [-0.1, -0.05) is 0 Å². The average Bonchev–Trinajstić information content (AvgIpc) is 2.15. The second-order valence-electron chi connectivity index (χ2n) is 3.25. The van der Waals surface area contributed by atoms with Crippen molar-refractivity contribution < 1.29 is 18.1 Å². The van der Waals surface area contributed by atoms with Crippen LogP contribution in [0.15, 0.2) is 12.1 Å². The monoisotopic (exact) mass is 234 g/mol. The fourth-order valence-electron chi connectivity index (χ4n) is 1.37. The average molecular weight is 234 g/mol. The summed E-state index contributed by atoms with van der Waals surface area (Å²) in [5.74, 6) is 0. The number of nitrogens with two attached hydrogens (primary N) is 1. The third kappa shape index (κ3) is 2.30. The van der Waals surface area contributed by atoms with Gasteiger partial charge in [-0.25, -0.2) is 0 Å². The van der Waals surface area contributed by atoms with Crippen LogP contribution in [0, 0.1) is 17.0 Å². The SMILES string of the molecule is Cc1cc(C(F)(F)F)c(CN)cc1[N+](=O)[O-]. The lowest BCUT2D eigenvalue weighted by Gasteiger charge is -2.12. The Labute approximate surface area is 89.0 Å². The second-order valence-corrected chi connectivity index (χ2v) is 3.25. The first kappa shape index (κ1) is 12.4. The lowest BCUT2D eigenvalue weighted by atomic mass is 10.0. The molecule has 0 bridgehead atoms. The Morgan fingerprint density at radius 3 is 2.38 bits per heavy atom. The van der Waals surface area contributed by atoms with Gasteiger partial charge in [-0.2, -0.15) is 13.2 Å². The second kappa shape index (κ2) is 4.09. The summed E-state index contributed by atoms with van der Waals surface area (Å²) in [6.07, 6.45) is -4.55. The van der Waals surface area contributed by atoms with E-state index in [1.54, 1.807) is 0 Å². The van der Waals surface area contributed by atoms with Gasteiger partial charge in [0.1, 0.15) is 0 Å². The lowest BCUT2D eigenvalue weighted by molar-refractivity contribution is -0.385. The van der Waals surface area contributed by atoms with E-state index in [1.165, 1.54) is 6.92 Å². The topological polar surface area (TPSA) is 69.2 Å². The van der Waals surface area contributed by atoms with Crippen molar-refractivity contribution in [2.45, 2.75) is 19.6 Å². The van der Waals surface area contributed by atoms with Crippen molar-refractivity contribution in [1.29, 1.82) is 0 Å². The molecule has 7 heteroatoms. The molecule has 0 spiro atoms. The molecule has 0 heterocycles. The normalized spacial score (nSPS) is 11.6. The molecule has 0 radical (unpaired) electrons. The van der Waals surface area contributed by atoms with E-state index in [-0.39, 0.29) is 16.8 Å². The fourth-order valence-corrected chi connectivity index (χ4v) is 1.37. The van der Waals surface area contributed by atoms with Gasteiger partial charge < -0.3 is 5.73 Å². The summed E-state index contributed by atoms with van der Waals surface area (Å²) in [5, 5.41) is 10.5. The van der Waals surface area contributed by atoms with E-state index >= 15 is 0 Å². The van der Waals surface area contributed by atoms with Gasteiger partial charge in [-0.15, -0.1) is 0 Å². The predicted molar refractivity (Wildman–Crippen MR) is 50.7 cm³/mol. The molecule has 0 aliphatic heterocycles. The summed E-state index contributed by atoms with van der Waals surface area (Å²) in [5.41, 5.74) is 3.57. The maximum atomic E-state index is 12.5. The minimum Gasteiger partial charge on any atom is -0.326 e. The zero-order valence-electron chi connectivity index (χ0n) is 8.34. The number of nitro benzene ring substituents is 1. The first-order valence-corrected chi connectivity index (χ1v) is 4.32. The van der Waals surface area contributed by atoms with Crippen molar-refractivity contribution in [2.75, 3.05) is 0 Å². The van der Waals surface area contributed by atoms with Gasteiger partial charge in [0.15, 0.2) is 0 Å². The lowest BCUT2D eigenvalue weighted by Crippen LogP contribution is -2.13. The maximum Gasteiger partial charge on any atom is 0.416 e. The van der Waals surface area contributed by atoms with E-state index in [2.05, 4.69) is 0 Å². The van der Waals surface area contributed by atoms with Crippen molar-refractivity contribution in [3.63, 3.8) is 0 Å². The van der Waals surface area contributed by atoms with E-state index < -0.39 is 23.2 Å². The van der Waals surface area contributed by atoms with Crippen LogP contribution in [0.1, 0.15) is 16.7 Å². The van der Waals surface area contributed by atoms with E-state index in [0.717, 1.165) is 12.1 Å². The van der Waals surface area contributed by atoms with Crippen molar-refractivity contribution in [1.82, 2.24) is 0 Å². The van der Waals surface area contributed by atoms with Crippen molar-refractivity contribution >= 4 is 5.69 Å². The molecular weight excluding hydrogens is 225 g/mol. The highest BCUT2D eigenvalue weighted by Crippen LogP contribution is 2.35. The molecule has 1 rings (SSSR count). The Morgan fingerprint density at radius 1 is 1.44 bits per heavy atom. The van der Waals surface area contributed by atoms with Crippen molar-refractivity contribution in [3.8, 4) is 0 Å². The van der Waals surface area contributed by atoms with Gasteiger partial charge >= 0.3 is 6.18 Å². The molecule has 0 unspecified atom stereocenters. The summed E-state index contributed by atoms with van der Waals surface area (Å²) in [6, 6.07) is 1.62. The molecule has 16 heavy (non-hydrogen) atoms. The number of benzene rings is 1. The molecule has 4 nitrogen and oxygen atoms in total. The molecule has 0 saturated carbocycles. The summed E-state index contributed by atoms with van der Waals surface area (Å²) < 4.78 is 37.6. The maximum absolute atomic E-state index is 12.5. The highest BCUT2D eigenvalue weighted by atomic mass is 19.4. The third-order valence-electron chi connectivity index (χ3n) is 2.14. The van der Waals surface area contributed by atoms with E-state index in [0.29, 0.717) is 0 Å². The number of nitrogens with zero attached hydrogens (tertiary/aromatic N) is 1. The molecule has 0 fully saturated rings. The number of rotatable bonds is 2. The van der Waals surface area contributed by atoms with Crippen LogP contribution in [0.25, 0.3) is 0 Å². The summed E-state index contributed by atoms with van der Waals surface area (Å²) in [4.78, 5) is 9.81. The number of aryl methyl sites for hydroxylation is 1. The molecule has 2 N–H and O–H groups in total. The minimum atomic E-state index is -4.55. The zero-order chi connectivity index (χ0) is 12.5. The molecule has 88 valence electrons. The van der Waals surface area contributed by atoms with Gasteiger partial charge in [0.05, 0.1) is 10.5 Å². The van der Waals surface area contributed by atoms with Gasteiger partial charge in [-0.05, 0) is 18.6 Å². The Morgan fingerprint density at radius 2 is 2.00 bits per heavy atom. The summed E-state index contributed by atoms with van der Waals surface area (Å²) in [7, 11) is 0. The fraction of sp³-hybridized carbons (Fsp3) is 0.333. The Hall–Kier alpha value is -1.63. The number of hydrogen-bond donors (Lipinski definition) is 1. The van der Waals surface area contributed by atoms with Gasteiger partial charge in [0.2, 0.25) is 0 Å². The summed E-state index contributed by atoms with van der Waals surface area (Å²) in [6.45, 7) is 0.865. The molecule has 0 aliphatic rings. The molecule has 0 atom stereocenters. The van der Waals surface area contributed by atoms with Crippen LogP contribution in [0.5, 0.6) is 0 Å². The van der Waals surface area contributed by atoms with Crippen LogP contribution in [0.3, 0.4) is 0 Å². The number of nitro groups is 1.